The number of benzene rings is 1. The van der Waals surface area contributed by atoms with E-state index in [0.717, 1.165) is 0 Å². The van der Waals surface area contributed by atoms with Gasteiger partial charge in [0.15, 0.2) is 0 Å². The van der Waals surface area contributed by atoms with E-state index in [9.17, 15) is 13.0 Å². The molecule has 0 unspecified atom stereocenters. The minimum absolute atomic E-state index is 0. The van der Waals surface area contributed by atoms with Gasteiger partial charge in [-0.15, -0.1) is 0 Å². The van der Waals surface area contributed by atoms with Crippen molar-refractivity contribution in [1.82, 2.24) is 0 Å². The predicted octanol–water partition coefficient (Wildman–Crippen LogP) is -1.86. The molecule has 4 nitrogen and oxygen atoms in total. The molecule has 0 amide bonds. The molecule has 0 aromatic heterocycles. The second kappa shape index (κ2) is 4.56. The molecule has 1 aromatic carbocycles. The van der Waals surface area contributed by atoms with Crippen molar-refractivity contribution in [3.63, 3.8) is 0 Å². The molecule has 1 rings (SSSR count). The van der Waals surface area contributed by atoms with Crippen LogP contribution in [0.1, 0.15) is 5.56 Å². The zero-order valence-electron chi connectivity index (χ0n) is 7.74. The Morgan fingerprint density at radius 2 is 1.93 bits per heavy atom. The van der Waals surface area contributed by atoms with Gasteiger partial charge in [0.1, 0.15) is 10.1 Å². The summed E-state index contributed by atoms with van der Waals surface area (Å²) < 4.78 is 32.1. The summed E-state index contributed by atoms with van der Waals surface area (Å²) in [6, 6.07) is 2.88. The van der Waals surface area contributed by atoms with Gasteiger partial charge in [0.2, 0.25) is 0 Å². The molecule has 0 radical (unpaired) electrons. The molecule has 0 aliphatic rings. The van der Waals surface area contributed by atoms with Gasteiger partial charge in [-0.1, -0.05) is 17.7 Å². The van der Waals surface area contributed by atoms with Crippen LogP contribution < -0.4 is 24.6 Å². The molecule has 2 N–H and O–H groups in total. The predicted molar refractivity (Wildman–Crippen MR) is 48.6 cm³/mol. The van der Waals surface area contributed by atoms with E-state index in [1.165, 1.54) is 6.07 Å². The van der Waals surface area contributed by atoms with Crippen LogP contribution in [0.5, 0.6) is 0 Å². The average molecular weight is 228 g/mol. The Bertz CT molecular complexity index is 446. The summed E-state index contributed by atoms with van der Waals surface area (Å²) in [5.74, 6) is 0. The van der Waals surface area contributed by atoms with E-state index < -0.39 is 15.0 Å². The van der Waals surface area contributed by atoms with Crippen molar-refractivity contribution in [3.8, 4) is 0 Å². The quantitative estimate of drug-likeness (QED) is 0.346. The van der Waals surface area contributed by atoms with Crippen LogP contribution in [-0.2, 0) is 10.1 Å². The van der Waals surface area contributed by atoms with Crippen LogP contribution in [0, 0.1) is 6.92 Å². The molecule has 0 saturated carbocycles. The van der Waals surface area contributed by atoms with Crippen molar-refractivity contribution in [3.05, 3.63) is 22.7 Å². The molecule has 0 aliphatic heterocycles. The van der Waals surface area contributed by atoms with Crippen molar-refractivity contribution >= 4 is 27.4 Å². The number of anilines is 1. The summed E-state index contributed by atoms with van der Waals surface area (Å²) in [6.07, 6.45) is 0. The fourth-order valence-corrected chi connectivity index (χ4v) is 2.11. The smallest absolute Gasteiger partial charge is 0.744 e. The van der Waals surface area contributed by atoms with Gasteiger partial charge in [-0.05, 0) is 18.6 Å². The van der Waals surface area contributed by atoms with E-state index in [2.05, 4.69) is 0 Å². The van der Waals surface area contributed by atoms with E-state index in [1.807, 2.05) is 0 Å². The number of nitrogen functional groups attached to an aromatic ring is 1. The van der Waals surface area contributed by atoms with Crippen molar-refractivity contribution in [2.75, 3.05) is 5.73 Å². The average Bonchev–Trinajstić information content (AvgIpc) is 1.95. The molecule has 0 fully saturated rings. The van der Waals surface area contributed by atoms with Crippen LogP contribution in [-0.4, -0.2) is 13.0 Å². The second-order valence-corrected chi connectivity index (χ2v) is 4.28. The van der Waals surface area contributed by atoms with Crippen LogP contribution in [0.4, 0.5) is 5.69 Å². The first-order chi connectivity index (χ1) is 5.84. The number of hydrogen-bond acceptors (Lipinski definition) is 4. The monoisotopic (exact) mass is 227 g/mol. The Kier molecular flexibility index (Phi) is 4.50. The van der Waals surface area contributed by atoms with E-state index in [-0.39, 0.29) is 29.6 Å². The molecule has 0 aliphatic carbocycles. The molecule has 7 heteroatoms. The summed E-state index contributed by atoms with van der Waals surface area (Å²) in [6.45, 7) is 1.60. The summed E-state index contributed by atoms with van der Waals surface area (Å²) in [5.41, 5.74) is 5.84. The summed E-state index contributed by atoms with van der Waals surface area (Å²) in [5, 5.41) is -0.141. The number of aryl methyl sites for hydroxylation is 1. The minimum Gasteiger partial charge on any atom is -0.744 e. The zero-order chi connectivity index (χ0) is 10.2. The van der Waals surface area contributed by atoms with Gasteiger partial charge < -0.3 is 10.3 Å². The maximum Gasteiger partial charge on any atom is 1.00 e. The van der Waals surface area contributed by atoms with E-state index in [1.54, 1.807) is 13.0 Å². The Hall–Kier alpha value is -0.183. The molecule has 0 heterocycles. The van der Waals surface area contributed by atoms with Gasteiger partial charge in [0.05, 0.1) is 15.6 Å². The van der Waals surface area contributed by atoms with Gasteiger partial charge in [0.25, 0.3) is 0 Å². The van der Waals surface area contributed by atoms with E-state index >= 15 is 0 Å². The summed E-state index contributed by atoms with van der Waals surface area (Å²) in [4.78, 5) is -0.533. The molecular weight excluding hydrogens is 221 g/mol. The first kappa shape index (κ1) is 13.8. The van der Waals surface area contributed by atoms with Crippen molar-refractivity contribution in [1.29, 1.82) is 0 Å². The molecule has 0 atom stereocenters. The largest absolute Gasteiger partial charge is 1.00 e. The SMILES string of the molecule is Cc1ccc(Cl)c(S(=O)(=O)[O-])c1N.[Li+]. The Labute approximate surface area is 99.4 Å². The van der Waals surface area contributed by atoms with Crippen LogP contribution in [0.25, 0.3) is 0 Å². The second-order valence-electron chi connectivity index (χ2n) is 2.56. The molecule has 0 bridgehead atoms. The summed E-state index contributed by atoms with van der Waals surface area (Å²) in [7, 11) is -4.59. The standard InChI is InChI=1S/C7H8ClNO3S.Li/c1-4-2-3-5(8)7(6(4)9)13(10,11)12;/h2-3H,9H2,1H3,(H,10,11,12);/q;+1/p-1. The van der Waals surface area contributed by atoms with Gasteiger partial charge in [-0.25, -0.2) is 8.42 Å². The van der Waals surface area contributed by atoms with Crippen molar-refractivity contribution in [2.45, 2.75) is 11.8 Å². The van der Waals surface area contributed by atoms with Crippen LogP contribution in [0.3, 0.4) is 0 Å². The maximum atomic E-state index is 10.7. The van der Waals surface area contributed by atoms with E-state index in [0.29, 0.717) is 5.56 Å². The van der Waals surface area contributed by atoms with Crippen molar-refractivity contribution < 1.29 is 31.8 Å². The minimum atomic E-state index is -4.59. The fourth-order valence-electron chi connectivity index (χ4n) is 0.925. The number of halogens is 1. The van der Waals surface area contributed by atoms with Crippen LogP contribution in [0.2, 0.25) is 5.02 Å². The molecule has 14 heavy (non-hydrogen) atoms. The molecule has 1 aromatic rings. The van der Waals surface area contributed by atoms with Gasteiger partial charge in [0, 0.05) is 0 Å². The van der Waals surface area contributed by atoms with E-state index in [4.69, 9.17) is 17.3 Å². The molecule has 0 spiro atoms. The maximum absolute atomic E-state index is 10.7. The topological polar surface area (TPSA) is 83.2 Å². The number of rotatable bonds is 1. The first-order valence-corrected chi connectivity index (χ1v) is 5.13. The Morgan fingerprint density at radius 1 is 1.43 bits per heavy atom. The number of nitrogens with two attached hydrogens (primary N) is 1. The van der Waals surface area contributed by atoms with Gasteiger partial charge >= 0.3 is 18.9 Å². The molecule has 72 valence electrons. The zero-order valence-corrected chi connectivity index (χ0v) is 9.32. The van der Waals surface area contributed by atoms with Crippen LogP contribution in [0.15, 0.2) is 17.0 Å². The normalized spacial score (nSPS) is 10.8. The van der Waals surface area contributed by atoms with Crippen LogP contribution >= 0.6 is 11.6 Å². The number of hydrogen-bond donors (Lipinski definition) is 1. The third kappa shape index (κ3) is 2.66. The van der Waals surface area contributed by atoms with Gasteiger partial charge in [-0.3, -0.25) is 0 Å². The van der Waals surface area contributed by atoms with Crippen molar-refractivity contribution in [2.24, 2.45) is 0 Å². The molecular formula is C7H7ClLiNO3S. The third-order valence-electron chi connectivity index (χ3n) is 1.62. The fraction of sp³-hybridized carbons (Fsp3) is 0.143. The summed E-state index contributed by atoms with van der Waals surface area (Å²) >= 11 is 5.53. The molecule has 0 saturated heterocycles. The Morgan fingerprint density at radius 3 is 2.29 bits per heavy atom. The Balaban J connectivity index is 0.00000169. The third-order valence-corrected chi connectivity index (χ3v) is 2.98. The van der Waals surface area contributed by atoms with Gasteiger partial charge in [-0.2, -0.15) is 0 Å². The first-order valence-electron chi connectivity index (χ1n) is 3.34.